The van der Waals surface area contributed by atoms with Crippen molar-refractivity contribution in [3.63, 3.8) is 0 Å². The summed E-state index contributed by atoms with van der Waals surface area (Å²) in [5, 5.41) is 105. The molecule has 3 aliphatic rings. The van der Waals surface area contributed by atoms with Crippen LogP contribution in [0.4, 0.5) is 0 Å². The predicted octanol–water partition coefficient (Wildman–Crippen LogP) is -6.91. The average molecular weight is 661 g/mol. The van der Waals surface area contributed by atoms with Crippen LogP contribution < -0.4 is 11.1 Å². The molecule has 1 amide bonds. The van der Waals surface area contributed by atoms with Crippen molar-refractivity contribution in [1.29, 1.82) is 0 Å². The summed E-state index contributed by atoms with van der Waals surface area (Å²) in [4.78, 5) is 12.0. The van der Waals surface area contributed by atoms with Crippen LogP contribution in [0, 0.1) is 0 Å². The fourth-order valence-corrected chi connectivity index (χ4v) is 5.13. The first-order chi connectivity index (χ1) is 21.4. The Labute approximate surface area is 259 Å². The van der Waals surface area contributed by atoms with Crippen molar-refractivity contribution in [3.05, 3.63) is 0 Å². The Morgan fingerprint density at radius 1 is 0.644 bits per heavy atom. The SMILES string of the molecule is NCCCCCC(=O)NCCO[C@H]1O[C@H](CO[C@H]2O[C@H](CO)[C@@H](O)[C@H](O)[C@@H]2O)[C@@H](O)[C@H](O[C@@H]2O[C@H](CO)[C@@H](O)[C@H](O)[C@@H]2O)[C@@H]1O. The van der Waals surface area contributed by atoms with Gasteiger partial charge in [0.2, 0.25) is 5.91 Å². The van der Waals surface area contributed by atoms with E-state index < -0.39 is 112 Å². The largest absolute Gasteiger partial charge is 0.394 e. The minimum absolute atomic E-state index is 0.0229. The van der Waals surface area contributed by atoms with Gasteiger partial charge in [0.25, 0.3) is 0 Å². The molecular weight excluding hydrogens is 612 g/mol. The van der Waals surface area contributed by atoms with Crippen LogP contribution in [0.3, 0.4) is 0 Å². The van der Waals surface area contributed by atoms with Gasteiger partial charge in [-0.15, -0.1) is 0 Å². The lowest BCUT2D eigenvalue weighted by Gasteiger charge is -2.46. The standard InChI is InChI=1S/C26H48N2O17/c27-5-3-1-2-4-14(31)28-6-7-40-25-22(39)23(45-26-21(38)19(36)16(33)12(9-30)43-26)17(34)13(44-25)10-41-24-20(37)18(35)15(32)11(8-29)42-24/h11-13,15-26,29-30,32-39H,1-10,27H2,(H,28,31)/t11-,12-,13-,15-,16-,17-,18+,19+,20+,21+,22+,23+,24+,25+,26+/m1/s1. The van der Waals surface area contributed by atoms with Crippen LogP contribution in [0.15, 0.2) is 0 Å². The summed E-state index contributed by atoms with van der Waals surface area (Å²) in [5.41, 5.74) is 5.44. The van der Waals surface area contributed by atoms with Crippen molar-refractivity contribution in [1.82, 2.24) is 5.32 Å². The number of hydrogen-bond donors (Lipinski definition) is 12. The van der Waals surface area contributed by atoms with E-state index in [1.807, 2.05) is 0 Å². The van der Waals surface area contributed by atoms with E-state index in [9.17, 15) is 55.9 Å². The van der Waals surface area contributed by atoms with Gasteiger partial charge in [-0.05, 0) is 19.4 Å². The van der Waals surface area contributed by atoms with Gasteiger partial charge in [0.15, 0.2) is 18.9 Å². The third-order valence-electron chi connectivity index (χ3n) is 7.87. The Hall–Kier alpha value is -1.21. The lowest BCUT2D eigenvalue weighted by atomic mass is 9.96. The Balaban J connectivity index is 1.68. The molecule has 0 radical (unpaired) electrons. The van der Waals surface area contributed by atoms with E-state index >= 15 is 0 Å². The number of carbonyl (C=O) groups excluding carboxylic acids is 1. The van der Waals surface area contributed by atoms with Gasteiger partial charge in [-0.25, -0.2) is 0 Å². The Morgan fingerprint density at radius 3 is 1.80 bits per heavy atom. The number of ether oxygens (including phenoxy) is 6. The quantitative estimate of drug-likeness (QED) is 0.0684. The minimum atomic E-state index is -1.87. The highest BCUT2D eigenvalue weighted by Gasteiger charge is 2.52. The van der Waals surface area contributed by atoms with E-state index in [1.54, 1.807) is 0 Å². The number of amides is 1. The lowest BCUT2D eigenvalue weighted by molar-refractivity contribution is -0.366. The Bertz CT molecular complexity index is 873. The van der Waals surface area contributed by atoms with E-state index in [-0.39, 0.29) is 25.5 Å². The number of rotatable bonds is 16. The molecule has 0 aliphatic carbocycles. The number of aliphatic hydroxyl groups excluding tert-OH is 10. The molecule has 0 aromatic rings. The van der Waals surface area contributed by atoms with E-state index in [1.165, 1.54) is 0 Å². The van der Waals surface area contributed by atoms with Gasteiger partial charge in [0, 0.05) is 13.0 Å². The molecule has 15 atom stereocenters. The molecule has 13 N–H and O–H groups in total. The molecule has 3 rings (SSSR count). The number of nitrogens with one attached hydrogen (secondary N) is 1. The van der Waals surface area contributed by atoms with E-state index in [0.717, 1.165) is 12.8 Å². The molecule has 264 valence electrons. The van der Waals surface area contributed by atoms with Gasteiger partial charge in [-0.2, -0.15) is 0 Å². The van der Waals surface area contributed by atoms with Crippen molar-refractivity contribution < 1.29 is 84.3 Å². The summed E-state index contributed by atoms with van der Waals surface area (Å²) < 4.78 is 33.0. The van der Waals surface area contributed by atoms with Crippen molar-refractivity contribution in [2.24, 2.45) is 5.73 Å². The third-order valence-corrected chi connectivity index (χ3v) is 7.87. The number of nitrogens with two attached hydrogens (primary N) is 1. The molecule has 3 fully saturated rings. The average Bonchev–Trinajstić information content (AvgIpc) is 3.03. The highest BCUT2D eigenvalue weighted by atomic mass is 16.7. The van der Waals surface area contributed by atoms with Crippen LogP contribution in [0.25, 0.3) is 0 Å². The van der Waals surface area contributed by atoms with E-state index in [0.29, 0.717) is 13.0 Å². The summed E-state index contributed by atoms with van der Waals surface area (Å²) in [7, 11) is 0. The van der Waals surface area contributed by atoms with Crippen LogP contribution in [0.1, 0.15) is 25.7 Å². The van der Waals surface area contributed by atoms with Crippen LogP contribution in [0.2, 0.25) is 0 Å². The lowest BCUT2D eigenvalue weighted by Crippen LogP contribution is -2.65. The molecule has 0 aromatic carbocycles. The first-order valence-electron chi connectivity index (χ1n) is 14.9. The zero-order valence-electron chi connectivity index (χ0n) is 24.6. The van der Waals surface area contributed by atoms with Gasteiger partial charge in [0.1, 0.15) is 73.2 Å². The first-order valence-corrected chi connectivity index (χ1v) is 14.9. The molecule has 0 bridgehead atoms. The Morgan fingerprint density at radius 2 is 1.20 bits per heavy atom. The highest BCUT2D eigenvalue weighted by molar-refractivity contribution is 5.75. The normalized spacial score (nSPS) is 42.4. The molecule has 0 aromatic heterocycles. The molecule has 3 aliphatic heterocycles. The number of carbonyl (C=O) groups is 1. The maximum atomic E-state index is 12.0. The zero-order valence-corrected chi connectivity index (χ0v) is 24.6. The molecule has 19 heteroatoms. The molecule has 0 saturated carbocycles. The second kappa shape index (κ2) is 18.4. The van der Waals surface area contributed by atoms with Crippen molar-refractivity contribution in [2.45, 2.75) is 118 Å². The fraction of sp³-hybridized carbons (Fsp3) is 0.962. The predicted molar refractivity (Wildman–Crippen MR) is 146 cm³/mol. The smallest absolute Gasteiger partial charge is 0.220 e. The van der Waals surface area contributed by atoms with Crippen LogP contribution >= 0.6 is 0 Å². The molecule has 0 spiro atoms. The van der Waals surface area contributed by atoms with Crippen LogP contribution in [-0.2, 0) is 33.2 Å². The monoisotopic (exact) mass is 660 g/mol. The van der Waals surface area contributed by atoms with Crippen LogP contribution in [-0.4, -0.2) is 189 Å². The summed E-state index contributed by atoms with van der Waals surface area (Å²) in [6.07, 6.45) is -22.1. The van der Waals surface area contributed by atoms with Crippen molar-refractivity contribution in [3.8, 4) is 0 Å². The van der Waals surface area contributed by atoms with Gasteiger partial charge in [0.05, 0.1) is 26.4 Å². The molecule has 3 saturated heterocycles. The number of unbranched alkanes of at least 4 members (excludes halogenated alkanes) is 2. The molecule has 45 heavy (non-hydrogen) atoms. The van der Waals surface area contributed by atoms with Gasteiger partial charge in [-0.1, -0.05) is 6.42 Å². The second-order valence-corrected chi connectivity index (χ2v) is 11.2. The maximum Gasteiger partial charge on any atom is 0.220 e. The van der Waals surface area contributed by atoms with Crippen LogP contribution in [0.5, 0.6) is 0 Å². The first kappa shape index (κ1) is 38.2. The van der Waals surface area contributed by atoms with Crippen molar-refractivity contribution in [2.75, 3.05) is 39.5 Å². The summed E-state index contributed by atoms with van der Waals surface area (Å²) >= 11 is 0. The summed E-state index contributed by atoms with van der Waals surface area (Å²) in [5.74, 6) is -0.231. The minimum Gasteiger partial charge on any atom is -0.394 e. The fourth-order valence-electron chi connectivity index (χ4n) is 5.13. The zero-order chi connectivity index (χ0) is 33.3. The number of aliphatic hydroxyl groups is 10. The maximum absolute atomic E-state index is 12.0. The summed E-state index contributed by atoms with van der Waals surface area (Å²) in [6, 6.07) is 0. The van der Waals surface area contributed by atoms with Gasteiger partial charge in [-0.3, -0.25) is 4.79 Å². The van der Waals surface area contributed by atoms with Gasteiger partial charge >= 0.3 is 0 Å². The van der Waals surface area contributed by atoms with E-state index in [4.69, 9.17) is 34.2 Å². The highest BCUT2D eigenvalue weighted by Crippen LogP contribution is 2.31. The number of hydrogen-bond acceptors (Lipinski definition) is 18. The molecule has 0 unspecified atom stereocenters. The molecular formula is C26H48N2O17. The Kier molecular flexibility index (Phi) is 15.6. The second-order valence-electron chi connectivity index (χ2n) is 11.2. The molecule has 19 nitrogen and oxygen atoms in total. The topological polar surface area (TPSA) is 313 Å². The van der Waals surface area contributed by atoms with Crippen molar-refractivity contribution >= 4 is 5.91 Å². The van der Waals surface area contributed by atoms with E-state index in [2.05, 4.69) is 5.32 Å². The molecule has 3 heterocycles. The third kappa shape index (κ3) is 9.90. The summed E-state index contributed by atoms with van der Waals surface area (Å²) in [6.45, 7) is -1.68. The van der Waals surface area contributed by atoms with Gasteiger partial charge < -0.3 is 90.5 Å².